The van der Waals surface area contributed by atoms with Gasteiger partial charge in [-0.25, -0.2) is 8.42 Å². The van der Waals surface area contributed by atoms with Crippen LogP contribution in [-0.4, -0.2) is 44.0 Å². The van der Waals surface area contributed by atoms with Crippen LogP contribution in [0, 0.1) is 0 Å². The number of rotatable bonds is 2. The van der Waals surface area contributed by atoms with Crippen molar-refractivity contribution < 1.29 is 13.2 Å². The van der Waals surface area contributed by atoms with Gasteiger partial charge >= 0.3 is 0 Å². The number of fused-ring (bicyclic) bond motifs is 3. The molecule has 3 aliphatic rings. The number of hydrogen-bond acceptors (Lipinski definition) is 4. The summed E-state index contributed by atoms with van der Waals surface area (Å²) in [4.78, 5) is 0.289. The number of nitrogens with one attached hydrogen (secondary N) is 1. The Bertz CT molecular complexity index is 737. The maximum Gasteiger partial charge on any atom is 0.243 e. The Morgan fingerprint density at radius 3 is 2.87 bits per heavy atom. The fourth-order valence-corrected chi connectivity index (χ4v) is 5.81. The van der Waals surface area contributed by atoms with Crippen LogP contribution in [0.2, 0.25) is 5.02 Å². The highest BCUT2D eigenvalue weighted by atomic mass is 35.5. The number of hydrogen-bond donors (Lipinski definition) is 1. The molecule has 2 bridgehead atoms. The molecule has 5 nitrogen and oxygen atoms in total. The maximum absolute atomic E-state index is 13.0. The quantitative estimate of drug-likeness (QED) is 0.882. The van der Waals surface area contributed by atoms with Crippen LogP contribution < -0.4 is 10.1 Å². The van der Waals surface area contributed by atoms with E-state index in [1.54, 1.807) is 10.4 Å². The van der Waals surface area contributed by atoms with Gasteiger partial charge in [0.05, 0.1) is 9.92 Å². The Kier molecular flexibility index (Phi) is 3.83. The molecule has 1 N–H and O–H groups in total. The third kappa shape index (κ3) is 2.76. The lowest BCUT2D eigenvalue weighted by molar-refractivity contribution is 0.255. The topological polar surface area (TPSA) is 58.6 Å². The van der Waals surface area contributed by atoms with Gasteiger partial charge in [-0.05, 0) is 38.3 Å². The molecule has 7 heteroatoms. The van der Waals surface area contributed by atoms with Crippen molar-refractivity contribution in [1.29, 1.82) is 0 Å². The Morgan fingerprint density at radius 1 is 1.26 bits per heavy atom. The molecular formula is C16H21ClN2O3S. The zero-order valence-corrected chi connectivity index (χ0v) is 14.7. The van der Waals surface area contributed by atoms with Crippen LogP contribution in [0.5, 0.6) is 5.75 Å². The first-order chi connectivity index (χ1) is 10.9. The second kappa shape index (κ2) is 5.62. The predicted octanol–water partition coefficient (Wildman–Crippen LogP) is 2.18. The van der Waals surface area contributed by atoms with Gasteiger partial charge in [-0.2, -0.15) is 4.31 Å². The predicted molar refractivity (Wildman–Crippen MR) is 88.6 cm³/mol. The fraction of sp³-hybridized carbons (Fsp3) is 0.625. The molecule has 3 atom stereocenters. The van der Waals surface area contributed by atoms with E-state index in [1.165, 1.54) is 6.07 Å². The van der Waals surface area contributed by atoms with Gasteiger partial charge in [0.25, 0.3) is 0 Å². The summed E-state index contributed by atoms with van der Waals surface area (Å²) in [7, 11) is -3.52. The Balaban J connectivity index is 1.66. The summed E-state index contributed by atoms with van der Waals surface area (Å²) in [5.74, 6) is 0.634. The van der Waals surface area contributed by atoms with Crippen molar-refractivity contribution in [3.05, 3.63) is 22.7 Å². The SMILES string of the molecule is CC1Cc2cc(S(=O)(=O)N3CCC4CCC(C3)N4)cc(Cl)c2O1. The van der Waals surface area contributed by atoms with Crippen molar-refractivity contribution >= 4 is 21.6 Å². The van der Waals surface area contributed by atoms with Crippen LogP contribution in [0.1, 0.15) is 31.7 Å². The summed E-state index contributed by atoms with van der Waals surface area (Å²) < 4.78 is 33.4. The molecule has 0 saturated carbocycles. The second-order valence-electron chi connectivity index (χ2n) is 6.82. The normalized spacial score (nSPS) is 30.8. The number of benzene rings is 1. The van der Waals surface area contributed by atoms with Crippen molar-refractivity contribution in [3.63, 3.8) is 0 Å². The summed E-state index contributed by atoms with van der Waals surface area (Å²) in [5, 5.41) is 3.90. The van der Waals surface area contributed by atoms with Crippen molar-refractivity contribution in [1.82, 2.24) is 9.62 Å². The molecule has 3 unspecified atom stereocenters. The van der Waals surface area contributed by atoms with Crippen molar-refractivity contribution in [3.8, 4) is 5.75 Å². The zero-order valence-electron chi connectivity index (χ0n) is 13.1. The van der Waals surface area contributed by atoms with E-state index in [0.29, 0.717) is 36.3 Å². The highest BCUT2D eigenvalue weighted by Gasteiger charge is 2.36. The molecule has 23 heavy (non-hydrogen) atoms. The number of halogens is 1. The molecule has 3 aliphatic heterocycles. The lowest BCUT2D eigenvalue weighted by Gasteiger charge is -2.24. The standard InChI is InChI=1S/C16H21ClN2O3S/c1-10-6-11-7-14(8-15(17)16(11)22-10)23(20,21)19-5-4-12-2-3-13(9-19)18-12/h7-8,10,12-13,18H,2-6,9H2,1H3. The van der Waals surface area contributed by atoms with Gasteiger partial charge < -0.3 is 10.1 Å². The van der Waals surface area contributed by atoms with Gasteiger partial charge in [0.15, 0.2) is 0 Å². The molecule has 4 rings (SSSR count). The van der Waals surface area contributed by atoms with E-state index in [0.717, 1.165) is 24.8 Å². The minimum absolute atomic E-state index is 0.0403. The molecular weight excluding hydrogens is 336 g/mol. The number of ether oxygens (including phenoxy) is 1. The second-order valence-corrected chi connectivity index (χ2v) is 9.16. The highest BCUT2D eigenvalue weighted by Crippen LogP contribution is 2.38. The summed E-state index contributed by atoms with van der Waals surface area (Å²) in [6, 6.07) is 3.99. The minimum Gasteiger partial charge on any atom is -0.489 e. The van der Waals surface area contributed by atoms with Crippen LogP contribution in [-0.2, 0) is 16.4 Å². The molecule has 1 aromatic carbocycles. The smallest absolute Gasteiger partial charge is 0.243 e. The molecule has 0 spiro atoms. The maximum atomic E-state index is 13.0. The zero-order chi connectivity index (χ0) is 16.2. The van der Waals surface area contributed by atoms with Gasteiger partial charge in [0.2, 0.25) is 10.0 Å². The van der Waals surface area contributed by atoms with E-state index < -0.39 is 10.0 Å². The molecule has 0 aliphatic carbocycles. The van der Waals surface area contributed by atoms with Crippen LogP contribution in [0.4, 0.5) is 0 Å². The lowest BCUT2D eigenvalue weighted by atomic mass is 10.1. The Hall–Kier alpha value is -0.820. The van der Waals surface area contributed by atoms with E-state index in [1.807, 2.05) is 6.92 Å². The van der Waals surface area contributed by atoms with Crippen LogP contribution in [0.25, 0.3) is 0 Å². The van der Waals surface area contributed by atoms with Crippen LogP contribution in [0.15, 0.2) is 17.0 Å². The molecule has 3 heterocycles. The molecule has 0 aromatic heterocycles. The van der Waals surface area contributed by atoms with E-state index in [-0.39, 0.29) is 17.0 Å². The van der Waals surface area contributed by atoms with Gasteiger partial charge in [0.1, 0.15) is 11.9 Å². The molecule has 2 saturated heterocycles. The molecule has 1 aromatic rings. The Labute approximate surface area is 142 Å². The van der Waals surface area contributed by atoms with Crippen molar-refractivity contribution in [2.24, 2.45) is 0 Å². The average Bonchev–Trinajstić information content (AvgIpc) is 3.00. The van der Waals surface area contributed by atoms with E-state index in [4.69, 9.17) is 16.3 Å². The van der Waals surface area contributed by atoms with Crippen molar-refractivity contribution in [2.45, 2.75) is 55.7 Å². The molecule has 0 amide bonds. The van der Waals surface area contributed by atoms with E-state index >= 15 is 0 Å². The first kappa shape index (κ1) is 15.7. The van der Waals surface area contributed by atoms with E-state index in [9.17, 15) is 8.42 Å². The van der Waals surface area contributed by atoms with Gasteiger partial charge in [-0.3, -0.25) is 0 Å². The third-order valence-electron chi connectivity index (χ3n) is 5.04. The molecule has 2 fully saturated rings. The Morgan fingerprint density at radius 2 is 2.04 bits per heavy atom. The molecule has 126 valence electrons. The monoisotopic (exact) mass is 356 g/mol. The van der Waals surface area contributed by atoms with Gasteiger partial charge in [-0.15, -0.1) is 0 Å². The molecule has 0 radical (unpaired) electrons. The number of sulfonamides is 1. The summed E-state index contributed by atoms with van der Waals surface area (Å²) in [6.07, 6.45) is 3.81. The minimum atomic E-state index is -3.52. The summed E-state index contributed by atoms with van der Waals surface area (Å²) >= 11 is 6.26. The average molecular weight is 357 g/mol. The third-order valence-corrected chi connectivity index (χ3v) is 7.17. The lowest BCUT2D eigenvalue weighted by Crippen LogP contribution is -2.39. The van der Waals surface area contributed by atoms with Crippen molar-refractivity contribution in [2.75, 3.05) is 13.1 Å². The summed E-state index contributed by atoms with van der Waals surface area (Å²) in [6.45, 7) is 3.07. The fourth-order valence-electron chi connectivity index (χ4n) is 3.89. The van der Waals surface area contributed by atoms with Gasteiger partial charge in [0, 0.05) is 37.2 Å². The highest BCUT2D eigenvalue weighted by molar-refractivity contribution is 7.89. The summed E-state index contributed by atoms with van der Waals surface area (Å²) in [5.41, 5.74) is 0.887. The largest absolute Gasteiger partial charge is 0.489 e. The number of nitrogens with zero attached hydrogens (tertiary/aromatic N) is 1. The van der Waals surface area contributed by atoms with E-state index in [2.05, 4.69) is 5.32 Å². The van der Waals surface area contributed by atoms with Crippen LogP contribution >= 0.6 is 11.6 Å². The first-order valence-corrected chi connectivity index (χ1v) is 10.0. The van der Waals surface area contributed by atoms with Gasteiger partial charge in [-0.1, -0.05) is 11.6 Å². The first-order valence-electron chi connectivity index (χ1n) is 8.19. The van der Waals surface area contributed by atoms with Crippen LogP contribution in [0.3, 0.4) is 0 Å².